The highest BCUT2D eigenvalue weighted by atomic mass is 19.4. The average Bonchev–Trinajstić information content (AvgIpc) is 2.20. The van der Waals surface area contributed by atoms with E-state index in [1.165, 1.54) is 13.8 Å². The zero-order valence-electron chi connectivity index (χ0n) is 11.8. The van der Waals surface area contributed by atoms with E-state index in [1.807, 2.05) is 0 Å². The van der Waals surface area contributed by atoms with Crippen LogP contribution in [0.3, 0.4) is 0 Å². The maximum atomic E-state index is 13.2. The number of ether oxygens (including phenoxy) is 1. The van der Waals surface area contributed by atoms with Crippen LogP contribution in [0.1, 0.15) is 40.0 Å². The molecule has 0 heterocycles. The van der Waals surface area contributed by atoms with Crippen molar-refractivity contribution in [2.24, 2.45) is 5.41 Å². The molecule has 0 radical (unpaired) electrons. The lowest BCUT2D eigenvalue weighted by Gasteiger charge is -2.26. The summed E-state index contributed by atoms with van der Waals surface area (Å²) in [5, 5.41) is 0. The van der Waals surface area contributed by atoms with E-state index in [4.69, 9.17) is 0 Å². The van der Waals surface area contributed by atoms with Gasteiger partial charge in [-0.15, -0.1) is 0 Å². The second-order valence-electron chi connectivity index (χ2n) is 5.49. The van der Waals surface area contributed by atoms with Gasteiger partial charge in [0.1, 0.15) is 6.42 Å². The molecule has 0 saturated heterocycles. The minimum Gasteiger partial charge on any atom is -0.459 e. The van der Waals surface area contributed by atoms with Crippen LogP contribution in [0.5, 0.6) is 0 Å². The van der Waals surface area contributed by atoms with Crippen molar-refractivity contribution in [3.63, 3.8) is 0 Å². The summed E-state index contributed by atoms with van der Waals surface area (Å²) in [6.45, 7) is 2.73. The Morgan fingerprint density at radius 2 is 1.38 bits per heavy atom. The molecule has 0 saturated carbocycles. The van der Waals surface area contributed by atoms with Gasteiger partial charge in [-0.05, 0) is 20.3 Å². The van der Waals surface area contributed by atoms with E-state index in [2.05, 4.69) is 4.74 Å². The summed E-state index contributed by atoms with van der Waals surface area (Å²) in [7, 11) is 0. The van der Waals surface area contributed by atoms with Crippen molar-refractivity contribution in [3.8, 4) is 0 Å². The van der Waals surface area contributed by atoms with Gasteiger partial charge in [0, 0.05) is 0 Å². The molecule has 0 aliphatic rings. The summed E-state index contributed by atoms with van der Waals surface area (Å²) in [6.07, 6.45) is -9.98. The normalized spacial score (nSPS) is 14.2. The van der Waals surface area contributed by atoms with Crippen LogP contribution >= 0.6 is 0 Å². The molecule has 9 heteroatoms. The zero-order valence-corrected chi connectivity index (χ0v) is 11.8. The van der Waals surface area contributed by atoms with E-state index in [1.54, 1.807) is 6.92 Å². The topological polar surface area (TPSA) is 26.3 Å². The van der Waals surface area contributed by atoms with Gasteiger partial charge in [-0.1, -0.05) is 6.92 Å². The zero-order chi connectivity index (χ0) is 17.1. The number of rotatable bonds is 7. The minimum absolute atomic E-state index is 0.266. The van der Waals surface area contributed by atoms with Crippen LogP contribution < -0.4 is 0 Å². The molecule has 0 atom stereocenters. The Hall–Kier alpha value is -1.02. The molecule has 0 aliphatic carbocycles. The molecule has 0 bridgehead atoms. The Balaban J connectivity index is 4.61. The quantitative estimate of drug-likeness (QED) is 0.506. The lowest BCUT2D eigenvalue weighted by Crippen LogP contribution is -2.38. The number of hydrogen-bond acceptors (Lipinski definition) is 2. The van der Waals surface area contributed by atoms with Gasteiger partial charge in [-0.2, -0.15) is 13.2 Å². The predicted octanol–water partition coefficient (Wildman–Crippen LogP) is 4.58. The molecule has 0 spiro atoms. The molecule has 0 aliphatic heterocycles. The van der Waals surface area contributed by atoms with E-state index in [0.717, 1.165) is 0 Å². The van der Waals surface area contributed by atoms with Crippen LogP contribution in [-0.2, 0) is 9.53 Å². The number of alkyl halides is 7. The SMILES string of the molecule is CCC(C)(C)C(=O)OCC(F)(F)CC(F)(F)CC(F)(F)F. The van der Waals surface area contributed by atoms with Crippen LogP contribution in [0.2, 0.25) is 0 Å². The van der Waals surface area contributed by atoms with Crippen molar-refractivity contribution in [3.05, 3.63) is 0 Å². The largest absolute Gasteiger partial charge is 0.459 e. The van der Waals surface area contributed by atoms with E-state index in [0.29, 0.717) is 0 Å². The second kappa shape index (κ2) is 6.39. The highest BCUT2D eigenvalue weighted by Gasteiger charge is 2.50. The first kappa shape index (κ1) is 20.0. The van der Waals surface area contributed by atoms with Gasteiger partial charge >= 0.3 is 12.1 Å². The summed E-state index contributed by atoms with van der Waals surface area (Å²) in [4.78, 5) is 11.4. The maximum Gasteiger partial charge on any atom is 0.394 e. The summed E-state index contributed by atoms with van der Waals surface area (Å²) in [5.74, 6) is -9.90. The molecule has 2 nitrogen and oxygen atoms in total. The Bertz CT molecular complexity index is 361. The second-order valence-corrected chi connectivity index (χ2v) is 5.49. The number of carbonyl (C=O) groups is 1. The molecular formula is C12H17F7O2. The van der Waals surface area contributed by atoms with Gasteiger partial charge in [0.15, 0.2) is 6.61 Å². The molecule has 0 aromatic heterocycles. The Kier molecular flexibility index (Phi) is 6.08. The molecule has 0 rings (SSSR count). The fourth-order valence-corrected chi connectivity index (χ4v) is 1.30. The third-order valence-electron chi connectivity index (χ3n) is 2.83. The molecule has 0 aromatic carbocycles. The molecule has 126 valence electrons. The van der Waals surface area contributed by atoms with Crippen molar-refractivity contribution in [2.75, 3.05) is 6.61 Å². The lowest BCUT2D eigenvalue weighted by atomic mass is 9.91. The van der Waals surface area contributed by atoms with Crippen molar-refractivity contribution < 1.29 is 40.3 Å². The van der Waals surface area contributed by atoms with Crippen LogP contribution in [0.4, 0.5) is 30.7 Å². The summed E-state index contributed by atoms with van der Waals surface area (Å²) >= 11 is 0. The third kappa shape index (κ3) is 8.11. The van der Waals surface area contributed by atoms with Crippen LogP contribution in [-0.4, -0.2) is 30.6 Å². The standard InChI is InChI=1S/C12H17F7O2/c1-4-9(2,3)8(20)21-7-11(15,16)5-10(13,14)6-12(17,18)19/h4-7H2,1-3H3. The highest BCUT2D eigenvalue weighted by Crippen LogP contribution is 2.39. The van der Waals surface area contributed by atoms with E-state index in [9.17, 15) is 35.5 Å². The van der Waals surface area contributed by atoms with Gasteiger partial charge < -0.3 is 4.74 Å². The summed E-state index contributed by atoms with van der Waals surface area (Å²) in [5.41, 5.74) is -1.08. The fraction of sp³-hybridized carbons (Fsp3) is 0.917. The Labute approximate surface area is 117 Å². The first-order valence-corrected chi connectivity index (χ1v) is 6.10. The Morgan fingerprint density at radius 3 is 1.76 bits per heavy atom. The van der Waals surface area contributed by atoms with Crippen molar-refractivity contribution in [2.45, 2.75) is 58.1 Å². The minimum atomic E-state index is -5.26. The highest BCUT2D eigenvalue weighted by molar-refractivity contribution is 5.75. The van der Waals surface area contributed by atoms with Crippen LogP contribution in [0.15, 0.2) is 0 Å². The summed E-state index contributed by atoms with van der Waals surface area (Å²) < 4.78 is 92.0. The monoisotopic (exact) mass is 326 g/mol. The van der Waals surface area contributed by atoms with Gasteiger partial charge in [0.05, 0.1) is 11.8 Å². The van der Waals surface area contributed by atoms with Gasteiger partial charge in [-0.3, -0.25) is 4.79 Å². The van der Waals surface area contributed by atoms with Crippen molar-refractivity contribution >= 4 is 5.97 Å². The smallest absolute Gasteiger partial charge is 0.394 e. The van der Waals surface area contributed by atoms with E-state index in [-0.39, 0.29) is 6.42 Å². The molecule has 0 aromatic rings. The predicted molar refractivity (Wildman–Crippen MR) is 60.2 cm³/mol. The van der Waals surface area contributed by atoms with Gasteiger partial charge in [-0.25, -0.2) is 17.6 Å². The number of esters is 1. The van der Waals surface area contributed by atoms with Crippen LogP contribution in [0.25, 0.3) is 0 Å². The molecule has 0 fully saturated rings. The average molecular weight is 326 g/mol. The van der Waals surface area contributed by atoms with Crippen molar-refractivity contribution in [1.82, 2.24) is 0 Å². The summed E-state index contributed by atoms with van der Waals surface area (Å²) in [6, 6.07) is 0. The molecular weight excluding hydrogens is 309 g/mol. The van der Waals surface area contributed by atoms with Gasteiger partial charge in [0.2, 0.25) is 0 Å². The van der Waals surface area contributed by atoms with E-state index >= 15 is 0 Å². The molecule has 0 N–H and O–H groups in total. The first-order chi connectivity index (χ1) is 9.10. The number of carbonyl (C=O) groups excluding carboxylic acids is 1. The lowest BCUT2D eigenvalue weighted by molar-refractivity contribution is -0.213. The van der Waals surface area contributed by atoms with Gasteiger partial charge in [0.25, 0.3) is 11.8 Å². The van der Waals surface area contributed by atoms with E-state index < -0.39 is 48.9 Å². The van der Waals surface area contributed by atoms with Crippen molar-refractivity contribution in [1.29, 1.82) is 0 Å². The Morgan fingerprint density at radius 1 is 0.905 bits per heavy atom. The fourth-order valence-electron chi connectivity index (χ4n) is 1.30. The molecule has 21 heavy (non-hydrogen) atoms. The number of halogens is 7. The van der Waals surface area contributed by atoms with Crippen LogP contribution in [0, 0.1) is 5.41 Å². The third-order valence-corrected chi connectivity index (χ3v) is 2.83. The number of hydrogen-bond donors (Lipinski definition) is 0. The molecule has 0 unspecified atom stereocenters. The first-order valence-electron chi connectivity index (χ1n) is 6.10. The molecule has 0 amide bonds. The maximum absolute atomic E-state index is 13.2.